The van der Waals surface area contributed by atoms with Crippen LogP contribution in [0.25, 0.3) is 0 Å². The summed E-state index contributed by atoms with van der Waals surface area (Å²) in [6, 6.07) is 5.86. The van der Waals surface area contributed by atoms with Gasteiger partial charge >= 0.3 is 0 Å². The molecule has 1 rings (SSSR count). The molecule has 1 aromatic rings. The van der Waals surface area contributed by atoms with Crippen molar-refractivity contribution in [1.29, 1.82) is 0 Å². The van der Waals surface area contributed by atoms with Crippen LogP contribution in [0.4, 0.5) is 0 Å². The largest absolute Gasteiger partial charge is 0.495 e. The topological polar surface area (TPSA) is 38.7 Å². The van der Waals surface area contributed by atoms with Crippen LogP contribution in [0.1, 0.15) is 37.8 Å². The van der Waals surface area contributed by atoms with E-state index in [1.54, 1.807) is 7.11 Å². The first-order valence-electron chi connectivity index (χ1n) is 6.59. The van der Waals surface area contributed by atoms with Crippen molar-refractivity contribution in [2.45, 2.75) is 39.4 Å². The van der Waals surface area contributed by atoms with Crippen molar-refractivity contribution in [3.8, 4) is 17.6 Å². The highest BCUT2D eigenvalue weighted by Crippen LogP contribution is 2.19. The smallest absolute Gasteiger partial charge is 0.134 e. The van der Waals surface area contributed by atoms with E-state index < -0.39 is 0 Å². The van der Waals surface area contributed by atoms with Gasteiger partial charge in [-0.15, -0.1) is 0 Å². The lowest BCUT2D eigenvalue weighted by atomic mass is 10.1. The van der Waals surface area contributed by atoms with Crippen LogP contribution in [0.15, 0.2) is 18.2 Å². The Kier molecular flexibility index (Phi) is 7.02. The first-order valence-corrected chi connectivity index (χ1v) is 6.59. The maximum Gasteiger partial charge on any atom is 0.134 e. The average molecular weight is 262 g/mol. The lowest BCUT2D eigenvalue weighted by molar-refractivity contribution is 0.0508. The number of ether oxygens (including phenoxy) is 2. The lowest BCUT2D eigenvalue weighted by Gasteiger charge is -2.11. The van der Waals surface area contributed by atoms with Crippen LogP contribution in [0, 0.1) is 11.8 Å². The zero-order valence-corrected chi connectivity index (χ0v) is 11.9. The summed E-state index contributed by atoms with van der Waals surface area (Å²) in [5.74, 6) is 6.67. The maximum atomic E-state index is 8.74. The van der Waals surface area contributed by atoms with Crippen LogP contribution in [0.2, 0.25) is 0 Å². The van der Waals surface area contributed by atoms with Gasteiger partial charge in [0.05, 0.1) is 32.0 Å². The molecular weight excluding hydrogens is 240 g/mol. The fraction of sp³-hybridized carbons (Fsp3) is 0.500. The first-order chi connectivity index (χ1) is 9.21. The van der Waals surface area contributed by atoms with Crippen molar-refractivity contribution in [3.63, 3.8) is 0 Å². The molecule has 0 radical (unpaired) electrons. The number of hydrogen-bond donors (Lipinski definition) is 1. The Balaban J connectivity index is 2.80. The summed E-state index contributed by atoms with van der Waals surface area (Å²) in [5.41, 5.74) is 1.91. The molecule has 1 N–H and O–H groups in total. The number of rotatable bonds is 6. The minimum atomic E-state index is 0.0755. The van der Waals surface area contributed by atoms with E-state index in [0.29, 0.717) is 13.0 Å². The molecule has 19 heavy (non-hydrogen) atoms. The molecule has 1 unspecified atom stereocenters. The first kappa shape index (κ1) is 15.6. The van der Waals surface area contributed by atoms with Crippen molar-refractivity contribution >= 4 is 0 Å². The van der Waals surface area contributed by atoms with Gasteiger partial charge in [0.1, 0.15) is 5.75 Å². The minimum Gasteiger partial charge on any atom is -0.495 e. The molecule has 3 nitrogen and oxygen atoms in total. The van der Waals surface area contributed by atoms with Gasteiger partial charge in [-0.3, -0.25) is 0 Å². The van der Waals surface area contributed by atoms with E-state index in [0.717, 1.165) is 23.3 Å². The standard InChI is InChI=1S/C16H22O3/c1-4-13(2)19-12-14-8-9-16(18-3)15(11-14)7-5-6-10-17/h8-9,11,13,17H,4,6,10,12H2,1-3H3. The molecule has 0 amide bonds. The predicted octanol–water partition coefficient (Wildman–Crippen LogP) is 2.74. The molecule has 1 aromatic carbocycles. The van der Waals surface area contributed by atoms with Gasteiger partial charge in [0.2, 0.25) is 0 Å². The molecule has 0 heterocycles. The second-order valence-corrected chi connectivity index (χ2v) is 4.34. The van der Waals surface area contributed by atoms with Crippen molar-refractivity contribution < 1.29 is 14.6 Å². The summed E-state index contributed by atoms with van der Waals surface area (Å²) in [6.07, 6.45) is 1.72. The SMILES string of the molecule is CCC(C)OCc1ccc(OC)c(C#CCCO)c1. The summed E-state index contributed by atoms with van der Waals surface area (Å²) in [7, 11) is 1.63. The Labute approximate surface area is 115 Å². The van der Waals surface area contributed by atoms with Gasteiger partial charge < -0.3 is 14.6 Å². The molecule has 0 fully saturated rings. The molecule has 0 aliphatic heterocycles. The predicted molar refractivity (Wildman–Crippen MR) is 76.1 cm³/mol. The summed E-state index contributed by atoms with van der Waals surface area (Å²) in [4.78, 5) is 0. The molecule has 0 spiro atoms. The summed E-state index contributed by atoms with van der Waals surface area (Å²) < 4.78 is 11.0. The van der Waals surface area contributed by atoms with E-state index in [1.165, 1.54) is 0 Å². The molecular formula is C16H22O3. The molecule has 0 saturated carbocycles. The quantitative estimate of drug-likeness (QED) is 0.801. The van der Waals surface area contributed by atoms with Crippen LogP contribution < -0.4 is 4.74 Å². The molecule has 0 aliphatic rings. The summed E-state index contributed by atoms with van der Waals surface area (Å²) >= 11 is 0. The Bertz CT molecular complexity index is 443. The van der Waals surface area contributed by atoms with Gasteiger partial charge in [0.15, 0.2) is 0 Å². The van der Waals surface area contributed by atoms with E-state index in [2.05, 4.69) is 25.7 Å². The van der Waals surface area contributed by atoms with Crippen molar-refractivity contribution in [3.05, 3.63) is 29.3 Å². The van der Waals surface area contributed by atoms with E-state index in [4.69, 9.17) is 14.6 Å². The van der Waals surface area contributed by atoms with Crippen molar-refractivity contribution in [1.82, 2.24) is 0 Å². The summed E-state index contributed by atoms with van der Waals surface area (Å²) in [6.45, 7) is 4.82. The van der Waals surface area contributed by atoms with Crippen LogP contribution in [-0.4, -0.2) is 24.9 Å². The monoisotopic (exact) mass is 262 g/mol. The number of aliphatic hydroxyl groups excluding tert-OH is 1. The second kappa shape index (κ2) is 8.58. The third-order valence-electron chi connectivity index (χ3n) is 2.83. The Morgan fingerprint density at radius 1 is 1.37 bits per heavy atom. The van der Waals surface area contributed by atoms with Gasteiger partial charge in [0, 0.05) is 6.42 Å². The number of benzene rings is 1. The Morgan fingerprint density at radius 2 is 2.16 bits per heavy atom. The second-order valence-electron chi connectivity index (χ2n) is 4.34. The highest BCUT2D eigenvalue weighted by atomic mass is 16.5. The highest BCUT2D eigenvalue weighted by Gasteiger charge is 2.04. The molecule has 104 valence electrons. The van der Waals surface area contributed by atoms with E-state index in [1.807, 2.05) is 18.2 Å². The van der Waals surface area contributed by atoms with Crippen LogP contribution in [-0.2, 0) is 11.3 Å². The number of hydrogen-bond acceptors (Lipinski definition) is 3. The minimum absolute atomic E-state index is 0.0755. The van der Waals surface area contributed by atoms with E-state index in [-0.39, 0.29) is 12.7 Å². The fourth-order valence-electron chi connectivity index (χ4n) is 1.51. The van der Waals surface area contributed by atoms with E-state index >= 15 is 0 Å². The third-order valence-corrected chi connectivity index (χ3v) is 2.83. The van der Waals surface area contributed by atoms with Gasteiger partial charge in [0.25, 0.3) is 0 Å². The molecule has 0 saturated heterocycles. The zero-order valence-electron chi connectivity index (χ0n) is 11.9. The normalized spacial score (nSPS) is 11.6. The Morgan fingerprint density at radius 3 is 2.79 bits per heavy atom. The number of methoxy groups -OCH3 is 1. The molecule has 1 atom stereocenters. The third kappa shape index (κ3) is 5.34. The van der Waals surface area contributed by atoms with Crippen LogP contribution >= 0.6 is 0 Å². The molecule has 3 heteroatoms. The van der Waals surface area contributed by atoms with E-state index in [9.17, 15) is 0 Å². The van der Waals surface area contributed by atoms with Crippen LogP contribution in [0.5, 0.6) is 5.75 Å². The van der Waals surface area contributed by atoms with Gasteiger partial charge in [-0.1, -0.05) is 24.8 Å². The van der Waals surface area contributed by atoms with Gasteiger partial charge in [-0.2, -0.15) is 0 Å². The summed E-state index contributed by atoms with van der Waals surface area (Å²) in [5, 5.41) is 8.74. The zero-order chi connectivity index (χ0) is 14.1. The van der Waals surface area contributed by atoms with Gasteiger partial charge in [-0.05, 0) is 31.0 Å². The molecule has 0 aromatic heterocycles. The number of aliphatic hydroxyl groups is 1. The Hall–Kier alpha value is -1.50. The molecule has 0 aliphatic carbocycles. The van der Waals surface area contributed by atoms with Crippen molar-refractivity contribution in [2.75, 3.05) is 13.7 Å². The highest BCUT2D eigenvalue weighted by molar-refractivity contribution is 5.48. The fourth-order valence-corrected chi connectivity index (χ4v) is 1.51. The maximum absolute atomic E-state index is 8.74. The van der Waals surface area contributed by atoms with Crippen molar-refractivity contribution in [2.24, 2.45) is 0 Å². The average Bonchev–Trinajstić information content (AvgIpc) is 2.45. The molecule has 0 bridgehead atoms. The van der Waals surface area contributed by atoms with Gasteiger partial charge in [-0.25, -0.2) is 0 Å². The lowest BCUT2D eigenvalue weighted by Crippen LogP contribution is -2.06. The van der Waals surface area contributed by atoms with Crippen LogP contribution in [0.3, 0.4) is 0 Å².